The summed E-state index contributed by atoms with van der Waals surface area (Å²) in [7, 11) is 0. The summed E-state index contributed by atoms with van der Waals surface area (Å²) < 4.78 is 5.75. The first kappa shape index (κ1) is 13.5. The summed E-state index contributed by atoms with van der Waals surface area (Å²) in [6.07, 6.45) is 5.15. The number of carbonyl (C=O) groups is 1. The number of nitrogens with two attached hydrogens (primary N) is 2. The van der Waals surface area contributed by atoms with E-state index in [1.165, 1.54) is 12.8 Å². The minimum atomic E-state index is -0.522. The highest BCUT2D eigenvalue weighted by Crippen LogP contribution is 2.31. The summed E-state index contributed by atoms with van der Waals surface area (Å²) in [5.74, 6) is 0.922. The largest absolute Gasteiger partial charge is 0.493 e. The van der Waals surface area contributed by atoms with E-state index in [1.807, 2.05) is 12.1 Å². The molecule has 1 aliphatic carbocycles. The molecule has 5 N–H and O–H groups in total. The van der Waals surface area contributed by atoms with Crippen LogP contribution in [0.5, 0.6) is 5.75 Å². The topological polar surface area (TPSA) is 103 Å². The lowest BCUT2D eigenvalue weighted by atomic mass is 10.1. The van der Waals surface area contributed by atoms with Crippen molar-refractivity contribution in [3.05, 3.63) is 35.5 Å². The van der Waals surface area contributed by atoms with E-state index in [1.54, 1.807) is 18.4 Å². The van der Waals surface area contributed by atoms with Crippen molar-refractivity contribution in [3.63, 3.8) is 0 Å². The zero-order chi connectivity index (χ0) is 14.8. The van der Waals surface area contributed by atoms with Crippen LogP contribution in [-0.4, -0.2) is 18.7 Å². The molecule has 1 atom stereocenters. The van der Waals surface area contributed by atoms with Crippen LogP contribution in [0.25, 0.3) is 0 Å². The number of aliphatic imine (C=N–C) groups is 1. The van der Waals surface area contributed by atoms with E-state index in [4.69, 9.17) is 16.2 Å². The monoisotopic (exact) mass is 286 g/mol. The lowest BCUT2D eigenvalue weighted by Crippen LogP contribution is -2.31. The van der Waals surface area contributed by atoms with Gasteiger partial charge in [-0.2, -0.15) is 0 Å². The van der Waals surface area contributed by atoms with E-state index in [0.717, 1.165) is 17.9 Å². The number of benzene rings is 1. The fourth-order valence-corrected chi connectivity index (χ4v) is 2.13. The fourth-order valence-electron chi connectivity index (χ4n) is 2.13. The van der Waals surface area contributed by atoms with Crippen LogP contribution in [0.1, 0.15) is 24.6 Å². The van der Waals surface area contributed by atoms with Gasteiger partial charge in [0, 0.05) is 17.5 Å². The van der Waals surface area contributed by atoms with Gasteiger partial charge in [0.05, 0.1) is 6.61 Å². The van der Waals surface area contributed by atoms with Crippen molar-refractivity contribution in [2.75, 3.05) is 12.3 Å². The Morgan fingerprint density at radius 2 is 2.24 bits per heavy atom. The Bertz CT molecular complexity index is 620. The zero-order valence-corrected chi connectivity index (χ0v) is 11.6. The number of ether oxygens (including phenoxy) is 1. The maximum absolute atomic E-state index is 11.2. The Morgan fingerprint density at radius 1 is 1.43 bits per heavy atom. The van der Waals surface area contributed by atoms with Gasteiger partial charge in [-0.25, -0.2) is 0 Å². The first-order valence-electron chi connectivity index (χ1n) is 6.95. The van der Waals surface area contributed by atoms with Crippen LogP contribution in [0, 0.1) is 5.92 Å². The van der Waals surface area contributed by atoms with Crippen molar-refractivity contribution >= 4 is 17.8 Å². The number of nitrogens with zero attached hydrogens (tertiary/aromatic N) is 1. The normalized spacial score (nSPS) is 20.6. The maximum Gasteiger partial charge on any atom is 0.264 e. The van der Waals surface area contributed by atoms with Crippen LogP contribution in [-0.2, 0) is 4.79 Å². The summed E-state index contributed by atoms with van der Waals surface area (Å²) in [5, 5.41) is 2.97. The number of amides is 1. The van der Waals surface area contributed by atoms with Crippen LogP contribution < -0.4 is 21.5 Å². The van der Waals surface area contributed by atoms with Crippen molar-refractivity contribution < 1.29 is 9.53 Å². The molecule has 3 rings (SSSR count). The van der Waals surface area contributed by atoms with Gasteiger partial charge in [0.15, 0.2) is 0 Å². The van der Waals surface area contributed by atoms with Gasteiger partial charge in [0.2, 0.25) is 0 Å². The average molecular weight is 286 g/mol. The Balaban J connectivity index is 1.77. The second kappa shape index (κ2) is 5.47. The molecule has 0 saturated heterocycles. The summed E-state index contributed by atoms with van der Waals surface area (Å²) in [5.41, 5.74) is 13.0. The lowest BCUT2D eigenvalue weighted by Gasteiger charge is -2.21. The Kier molecular flexibility index (Phi) is 3.51. The summed E-state index contributed by atoms with van der Waals surface area (Å²) >= 11 is 0. The molecule has 6 nitrogen and oxygen atoms in total. The maximum atomic E-state index is 11.2. The molecule has 6 heteroatoms. The summed E-state index contributed by atoms with van der Waals surface area (Å²) in [6.45, 7) is 0.733. The predicted octanol–water partition coefficient (Wildman–Crippen LogP) is 1.10. The van der Waals surface area contributed by atoms with Crippen LogP contribution in [0.15, 0.2) is 35.0 Å². The minimum Gasteiger partial charge on any atom is -0.493 e. The molecule has 0 aromatic heterocycles. The predicted molar refractivity (Wildman–Crippen MR) is 80.7 cm³/mol. The molecule has 1 aliphatic heterocycles. The molecule has 110 valence electrons. The van der Waals surface area contributed by atoms with Gasteiger partial charge in [-0.15, -0.1) is 0 Å². The third-order valence-corrected chi connectivity index (χ3v) is 3.57. The number of hydrogen-bond donors (Lipinski definition) is 3. The number of hydrogen-bond acceptors (Lipinski definition) is 5. The first-order valence-corrected chi connectivity index (χ1v) is 6.95. The van der Waals surface area contributed by atoms with Crippen LogP contribution >= 0.6 is 0 Å². The third-order valence-electron chi connectivity index (χ3n) is 3.57. The lowest BCUT2D eigenvalue weighted by molar-refractivity contribution is -0.115. The molecular formula is C15H18N4O2. The number of nitrogens with one attached hydrogen (secondary N) is 1. The molecule has 0 spiro atoms. The highest BCUT2D eigenvalue weighted by atomic mass is 16.5. The first-order chi connectivity index (χ1) is 10.1. The Morgan fingerprint density at radius 3 is 2.95 bits per heavy atom. The quantitative estimate of drug-likeness (QED) is 0.705. The van der Waals surface area contributed by atoms with Gasteiger partial charge in [-0.3, -0.25) is 9.79 Å². The molecule has 1 saturated carbocycles. The van der Waals surface area contributed by atoms with Gasteiger partial charge in [-0.05, 0) is 43.0 Å². The van der Waals surface area contributed by atoms with E-state index < -0.39 is 12.1 Å². The second-order valence-electron chi connectivity index (χ2n) is 5.33. The summed E-state index contributed by atoms with van der Waals surface area (Å²) in [6, 6.07) is 5.49. The molecule has 1 amide bonds. The highest BCUT2D eigenvalue weighted by molar-refractivity contribution is 5.96. The minimum absolute atomic E-state index is 0.318. The number of rotatable bonds is 5. The van der Waals surface area contributed by atoms with Crippen molar-refractivity contribution in [2.45, 2.75) is 19.0 Å². The molecule has 0 radical (unpaired) electrons. The average Bonchev–Trinajstić information content (AvgIpc) is 3.31. The van der Waals surface area contributed by atoms with E-state index in [9.17, 15) is 4.79 Å². The number of nitrogen functional groups attached to an aromatic ring is 1. The van der Waals surface area contributed by atoms with Crippen LogP contribution in [0.3, 0.4) is 0 Å². The molecule has 1 fully saturated rings. The fraction of sp³-hybridized carbons (Fsp3) is 0.333. The number of anilines is 1. The van der Waals surface area contributed by atoms with E-state index in [0.29, 0.717) is 17.3 Å². The molecule has 1 aromatic carbocycles. The molecule has 2 aliphatic rings. The van der Waals surface area contributed by atoms with Crippen molar-refractivity contribution in [1.29, 1.82) is 0 Å². The zero-order valence-electron chi connectivity index (χ0n) is 11.6. The van der Waals surface area contributed by atoms with Crippen LogP contribution in [0.2, 0.25) is 0 Å². The molecule has 1 unspecified atom stereocenters. The van der Waals surface area contributed by atoms with Crippen LogP contribution in [0.4, 0.5) is 5.69 Å². The van der Waals surface area contributed by atoms with Gasteiger partial charge in [0.1, 0.15) is 17.6 Å². The molecule has 1 aromatic rings. The highest BCUT2D eigenvalue weighted by Gasteiger charge is 2.23. The standard InChI is InChI=1S/C15H18N4O2/c16-12-4-3-10(21-8-9-1-2-9)7-11(12)15-18-6-5-13(19-15)14(17)20/h3-7,9,15,19H,1-2,8,16H2,(H2,17,20). The Labute approximate surface area is 122 Å². The van der Waals surface area contributed by atoms with Crippen molar-refractivity contribution in [2.24, 2.45) is 16.6 Å². The van der Waals surface area contributed by atoms with Gasteiger partial charge in [0.25, 0.3) is 5.91 Å². The van der Waals surface area contributed by atoms with Crippen molar-refractivity contribution in [1.82, 2.24) is 5.32 Å². The molecular weight excluding hydrogens is 268 g/mol. The van der Waals surface area contributed by atoms with Gasteiger partial charge in [-0.1, -0.05) is 0 Å². The number of primary amides is 1. The second-order valence-corrected chi connectivity index (χ2v) is 5.33. The SMILES string of the molecule is NC(=O)C1=CC=NC(c2cc(OCC3CC3)ccc2N)N1. The molecule has 1 heterocycles. The number of carbonyl (C=O) groups excluding carboxylic acids is 1. The summed E-state index contributed by atoms with van der Waals surface area (Å²) in [4.78, 5) is 15.5. The van der Waals surface area contributed by atoms with E-state index >= 15 is 0 Å². The smallest absolute Gasteiger partial charge is 0.264 e. The van der Waals surface area contributed by atoms with Crippen molar-refractivity contribution in [3.8, 4) is 5.75 Å². The van der Waals surface area contributed by atoms with Gasteiger partial charge >= 0.3 is 0 Å². The van der Waals surface area contributed by atoms with E-state index in [2.05, 4.69) is 10.3 Å². The van der Waals surface area contributed by atoms with Gasteiger partial charge < -0.3 is 21.5 Å². The third kappa shape index (κ3) is 3.16. The Hall–Kier alpha value is -2.50. The molecule has 0 bridgehead atoms. The van der Waals surface area contributed by atoms with E-state index in [-0.39, 0.29) is 0 Å². The number of allylic oxidation sites excluding steroid dienone is 1. The molecule has 21 heavy (non-hydrogen) atoms.